The number of halogens is 4. The van der Waals surface area contributed by atoms with E-state index in [1.54, 1.807) is 19.2 Å². The Morgan fingerprint density at radius 1 is 0.900 bits per heavy atom. The van der Waals surface area contributed by atoms with Gasteiger partial charge in [-0.1, -0.05) is 36.4 Å². The van der Waals surface area contributed by atoms with Crippen molar-refractivity contribution >= 4 is 29.9 Å². The van der Waals surface area contributed by atoms with Gasteiger partial charge >= 0.3 is 6.18 Å². The third-order valence-corrected chi connectivity index (χ3v) is 3.99. The number of guanidine groups is 1. The SMILES string of the molecule is CN=C(NCc1ccc(CN(C)C)cc1)NCc1ccc(OCC(F)(F)F)cc1.I. The summed E-state index contributed by atoms with van der Waals surface area (Å²) >= 11 is 0. The Balaban J connectivity index is 0.00000450. The fourth-order valence-corrected chi connectivity index (χ4v) is 2.59. The third-order valence-electron chi connectivity index (χ3n) is 3.99. The van der Waals surface area contributed by atoms with Crippen LogP contribution in [0.5, 0.6) is 5.75 Å². The molecule has 0 atom stereocenters. The second-order valence-corrected chi connectivity index (χ2v) is 6.88. The Labute approximate surface area is 192 Å². The van der Waals surface area contributed by atoms with Crippen molar-refractivity contribution in [1.29, 1.82) is 0 Å². The van der Waals surface area contributed by atoms with Gasteiger partial charge in [-0.25, -0.2) is 0 Å². The van der Waals surface area contributed by atoms with E-state index in [0.29, 0.717) is 19.0 Å². The summed E-state index contributed by atoms with van der Waals surface area (Å²) in [5, 5.41) is 6.42. The van der Waals surface area contributed by atoms with E-state index in [-0.39, 0.29) is 29.7 Å². The van der Waals surface area contributed by atoms with E-state index in [0.717, 1.165) is 17.7 Å². The van der Waals surface area contributed by atoms with Crippen LogP contribution in [0.4, 0.5) is 13.2 Å². The molecule has 9 heteroatoms. The molecule has 2 N–H and O–H groups in total. The van der Waals surface area contributed by atoms with Gasteiger partial charge in [-0.15, -0.1) is 24.0 Å². The molecule has 0 aliphatic heterocycles. The van der Waals surface area contributed by atoms with Crippen LogP contribution in [-0.2, 0) is 19.6 Å². The number of nitrogens with zero attached hydrogens (tertiary/aromatic N) is 2. The van der Waals surface area contributed by atoms with E-state index in [1.807, 2.05) is 14.1 Å². The largest absolute Gasteiger partial charge is 0.484 e. The Kier molecular flexibility index (Phi) is 11.0. The minimum Gasteiger partial charge on any atom is -0.484 e. The third kappa shape index (κ3) is 10.1. The number of ether oxygens (including phenoxy) is 1. The van der Waals surface area contributed by atoms with E-state index in [9.17, 15) is 13.2 Å². The first kappa shape index (κ1) is 26.0. The molecule has 0 saturated carbocycles. The molecule has 0 heterocycles. The molecule has 0 saturated heterocycles. The van der Waals surface area contributed by atoms with Crippen LogP contribution in [0.1, 0.15) is 16.7 Å². The van der Waals surface area contributed by atoms with Crippen LogP contribution in [0.15, 0.2) is 53.5 Å². The Hall–Kier alpha value is -2.01. The van der Waals surface area contributed by atoms with Crippen LogP contribution in [-0.4, -0.2) is 44.8 Å². The number of hydrogen-bond acceptors (Lipinski definition) is 3. The van der Waals surface area contributed by atoms with E-state index in [4.69, 9.17) is 4.74 Å². The molecule has 0 spiro atoms. The van der Waals surface area contributed by atoms with Crippen molar-refractivity contribution in [3.8, 4) is 5.75 Å². The van der Waals surface area contributed by atoms with Gasteiger partial charge in [-0.3, -0.25) is 4.99 Å². The van der Waals surface area contributed by atoms with Crippen molar-refractivity contribution in [3.05, 3.63) is 65.2 Å². The van der Waals surface area contributed by atoms with Gasteiger partial charge in [0, 0.05) is 26.7 Å². The predicted molar refractivity (Wildman–Crippen MR) is 124 cm³/mol. The molecule has 0 aliphatic carbocycles. The van der Waals surface area contributed by atoms with Gasteiger partial charge in [0.15, 0.2) is 12.6 Å². The zero-order valence-electron chi connectivity index (χ0n) is 17.3. The van der Waals surface area contributed by atoms with E-state index in [2.05, 4.69) is 44.8 Å². The number of nitrogens with one attached hydrogen (secondary N) is 2. The van der Waals surface area contributed by atoms with Gasteiger partial charge < -0.3 is 20.3 Å². The van der Waals surface area contributed by atoms with E-state index in [1.165, 1.54) is 17.7 Å². The first-order chi connectivity index (χ1) is 13.7. The lowest BCUT2D eigenvalue weighted by atomic mass is 10.1. The first-order valence-electron chi connectivity index (χ1n) is 9.21. The number of benzene rings is 2. The van der Waals surface area contributed by atoms with Crippen molar-refractivity contribution < 1.29 is 17.9 Å². The molecule has 30 heavy (non-hydrogen) atoms. The number of alkyl halides is 3. The molecular formula is C21H28F3IN4O. The van der Waals surface area contributed by atoms with Crippen LogP contribution in [0.25, 0.3) is 0 Å². The van der Waals surface area contributed by atoms with Crippen molar-refractivity contribution in [2.24, 2.45) is 4.99 Å². The highest BCUT2D eigenvalue weighted by atomic mass is 127. The van der Waals surface area contributed by atoms with Gasteiger partial charge in [0.1, 0.15) is 5.75 Å². The van der Waals surface area contributed by atoms with Gasteiger partial charge in [0.05, 0.1) is 0 Å². The summed E-state index contributed by atoms with van der Waals surface area (Å²) in [7, 11) is 5.76. The van der Waals surface area contributed by atoms with Gasteiger partial charge in [-0.2, -0.15) is 13.2 Å². The van der Waals surface area contributed by atoms with Crippen molar-refractivity contribution in [2.75, 3.05) is 27.7 Å². The van der Waals surface area contributed by atoms with Crippen molar-refractivity contribution in [3.63, 3.8) is 0 Å². The van der Waals surface area contributed by atoms with Crippen LogP contribution in [0, 0.1) is 0 Å². The lowest BCUT2D eigenvalue weighted by molar-refractivity contribution is -0.153. The van der Waals surface area contributed by atoms with E-state index >= 15 is 0 Å². The Bertz CT molecular complexity index is 778. The molecule has 0 radical (unpaired) electrons. The van der Waals surface area contributed by atoms with Crippen LogP contribution in [0.3, 0.4) is 0 Å². The van der Waals surface area contributed by atoms with Gasteiger partial charge in [0.25, 0.3) is 0 Å². The zero-order valence-corrected chi connectivity index (χ0v) is 19.6. The molecule has 2 aromatic rings. The van der Waals surface area contributed by atoms with Gasteiger partial charge in [0.2, 0.25) is 0 Å². The molecule has 0 fully saturated rings. The highest BCUT2D eigenvalue weighted by Crippen LogP contribution is 2.18. The summed E-state index contributed by atoms with van der Waals surface area (Å²) < 4.78 is 41.2. The number of rotatable bonds is 8. The maximum absolute atomic E-state index is 12.2. The zero-order chi connectivity index (χ0) is 21.3. The molecule has 0 aliphatic rings. The lowest BCUT2D eigenvalue weighted by Crippen LogP contribution is -2.36. The highest BCUT2D eigenvalue weighted by molar-refractivity contribution is 14.0. The quantitative estimate of drug-likeness (QED) is 0.302. The minimum atomic E-state index is -4.34. The summed E-state index contributed by atoms with van der Waals surface area (Å²) in [4.78, 5) is 6.31. The average molecular weight is 536 g/mol. The second kappa shape index (κ2) is 12.6. The second-order valence-electron chi connectivity index (χ2n) is 6.88. The lowest BCUT2D eigenvalue weighted by Gasteiger charge is -2.14. The maximum atomic E-state index is 12.2. The summed E-state index contributed by atoms with van der Waals surface area (Å²) in [5.74, 6) is 0.825. The average Bonchev–Trinajstić information content (AvgIpc) is 2.67. The fourth-order valence-electron chi connectivity index (χ4n) is 2.59. The normalized spacial score (nSPS) is 11.8. The van der Waals surface area contributed by atoms with Gasteiger partial charge in [-0.05, 0) is 42.9 Å². The topological polar surface area (TPSA) is 48.9 Å². The molecular weight excluding hydrogens is 508 g/mol. The first-order valence-corrected chi connectivity index (χ1v) is 9.21. The standard InChI is InChI=1S/C21H27F3N4O.HI/c1-25-20(26-12-16-4-6-18(7-5-16)14-28(2)3)27-13-17-8-10-19(11-9-17)29-15-21(22,23)24;/h4-11H,12-15H2,1-3H3,(H2,25,26,27);1H. The molecule has 2 aromatic carbocycles. The summed E-state index contributed by atoms with van der Waals surface area (Å²) in [5.41, 5.74) is 3.30. The molecule has 0 unspecified atom stereocenters. The molecule has 0 aromatic heterocycles. The van der Waals surface area contributed by atoms with Crippen LogP contribution >= 0.6 is 24.0 Å². The Morgan fingerprint density at radius 2 is 1.37 bits per heavy atom. The van der Waals surface area contributed by atoms with Crippen molar-refractivity contribution in [2.45, 2.75) is 25.8 Å². The summed E-state index contributed by atoms with van der Waals surface area (Å²) in [6.45, 7) is 0.724. The monoisotopic (exact) mass is 536 g/mol. The van der Waals surface area contributed by atoms with Crippen LogP contribution in [0.2, 0.25) is 0 Å². The highest BCUT2D eigenvalue weighted by Gasteiger charge is 2.28. The Morgan fingerprint density at radius 3 is 1.80 bits per heavy atom. The fraction of sp³-hybridized carbons (Fsp3) is 0.381. The molecule has 0 amide bonds. The molecule has 0 bridgehead atoms. The van der Waals surface area contributed by atoms with Crippen molar-refractivity contribution in [1.82, 2.24) is 15.5 Å². The maximum Gasteiger partial charge on any atom is 0.422 e. The minimum absolute atomic E-state index is 0. The molecule has 166 valence electrons. The molecule has 2 rings (SSSR count). The molecule has 5 nitrogen and oxygen atoms in total. The number of hydrogen-bond donors (Lipinski definition) is 2. The summed E-state index contributed by atoms with van der Waals surface area (Å²) in [6.07, 6.45) is -4.34. The summed E-state index contributed by atoms with van der Waals surface area (Å²) in [6, 6.07) is 14.9. The van der Waals surface area contributed by atoms with Crippen LogP contribution < -0.4 is 15.4 Å². The smallest absolute Gasteiger partial charge is 0.422 e. The number of aliphatic imine (C=N–C) groups is 1. The van der Waals surface area contributed by atoms with E-state index < -0.39 is 12.8 Å². The predicted octanol–water partition coefficient (Wildman–Crippen LogP) is 4.17.